The van der Waals surface area contributed by atoms with E-state index < -0.39 is 0 Å². The van der Waals surface area contributed by atoms with E-state index in [2.05, 4.69) is 27.2 Å². The van der Waals surface area contributed by atoms with Crippen LogP contribution in [0, 0.1) is 6.92 Å². The van der Waals surface area contributed by atoms with Crippen molar-refractivity contribution in [3.63, 3.8) is 0 Å². The minimum atomic E-state index is 0.787. The van der Waals surface area contributed by atoms with Gasteiger partial charge in [-0.1, -0.05) is 6.07 Å². The van der Waals surface area contributed by atoms with Crippen LogP contribution >= 0.6 is 0 Å². The normalized spacial score (nSPS) is 10.2. The largest absolute Gasteiger partial charge is 0.373 e. The molecule has 2 aromatic rings. The Morgan fingerprint density at radius 3 is 2.83 bits per heavy atom. The Labute approximate surface area is 108 Å². The molecule has 94 valence electrons. The predicted molar refractivity (Wildman–Crippen MR) is 74.9 cm³/mol. The van der Waals surface area contributed by atoms with Crippen LogP contribution in [0.25, 0.3) is 0 Å². The maximum Gasteiger partial charge on any atom is 0.127 e. The van der Waals surface area contributed by atoms with Crippen molar-refractivity contribution in [1.29, 1.82) is 0 Å². The molecule has 2 heterocycles. The Morgan fingerprint density at radius 2 is 2.11 bits per heavy atom. The van der Waals surface area contributed by atoms with E-state index in [0.29, 0.717) is 0 Å². The van der Waals surface area contributed by atoms with Gasteiger partial charge in [0.25, 0.3) is 0 Å². The highest BCUT2D eigenvalue weighted by atomic mass is 15.1. The lowest BCUT2D eigenvalue weighted by molar-refractivity contribution is 0.875. The van der Waals surface area contributed by atoms with Gasteiger partial charge in [-0.15, -0.1) is 0 Å². The third kappa shape index (κ3) is 2.97. The summed E-state index contributed by atoms with van der Waals surface area (Å²) in [5, 5.41) is 3.04. The van der Waals surface area contributed by atoms with E-state index in [1.165, 1.54) is 0 Å². The first-order chi connectivity index (χ1) is 8.69. The Bertz CT molecular complexity index is 525. The summed E-state index contributed by atoms with van der Waals surface area (Å²) in [5.74, 6) is 0.872. The topological polar surface area (TPSA) is 41.0 Å². The summed E-state index contributed by atoms with van der Waals surface area (Å²) < 4.78 is 0. The molecule has 0 saturated heterocycles. The van der Waals surface area contributed by atoms with Crippen molar-refractivity contribution in [1.82, 2.24) is 9.97 Å². The van der Waals surface area contributed by atoms with Gasteiger partial charge in [0, 0.05) is 37.7 Å². The molecule has 0 unspecified atom stereocenters. The Kier molecular flexibility index (Phi) is 3.77. The van der Waals surface area contributed by atoms with E-state index in [9.17, 15) is 0 Å². The molecule has 4 nitrogen and oxygen atoms in total. The van der Waals surface area contributed by atoms with Gasteiger partial charge in [0.05, 0.1) is 12.2 Å². The molecule has 18 heavy (non-hydrogen) atoms. The zero-order chi connectivity index (χ0) is 13.0. The van der Waals surface area contributed by atoms with Gasteiger partial charge >= 0.3 is 0 Å². The third-order valence-electron chi connectivity index (χ3n) is 2.79. The molecule has 4 heteroatoms. The van der Waals surface area contributed by atoms with E-state index in [1.807, 2.05) is 44.3 Å². The van der Waals surface area contributed by atoms with Gasteiger partial charge in [-0.2, -0.15) is 0 Å². The zero-order valence-electron chi connectivity index (χ0n) is 11.0. The molecule has 0 radical (unpaired) electrons. The summed E-state index contributed by atoms with van der Waals surface area (Å²) in [5.41, 5.74) is 3.24. The molecule has 2 aromatic heterocycles. The summed E-state index contributed by atoms with van der Waals surface area (Å²) in [6, 6.07) is 10.1. The molecule has 0 atom stereocenters. The standard InChI is InChI=1S/C14H18N4/c1-11-5-4-6-12(17-11)10-18(3)13-7-8-16-14(9-13)15-2/h4-9H,10H2,1-3H3,(H,15,16). The van der Waals surface area contributed by atoms with Crippen molar-refractivity contribution < 1.29 is 0 Å². The molecule has 0 aliphatic heterocycles. The first-order valence-electron chi connectivity index (χ1n) is 5.96. The van der Waals surface area contributed by atoms with Crippen molar-refractivity contribution >= 4 is 11.5 Å². The average Bonchev–Trinajstić information content (AvgIpc) is 2.39. The van der Waals surface area contributed by atoms with Gasteiger partial charge in [0.1, 0.15) is 5.82 Å². The molecular formula is C14H18N4. The van der Waals surface area contributed by atoms with Gasteiger partial charge < -0.3 is 10.2 Å². The van der Waals surface area contributed by atoms with Crippen LogP contribution in [0.5, 0.6) is 0 Å². The van der Waals surface area contributed by atoms with Crippen LogP contribution in [0.15, 0.2) is 36.5 Å². The molecular weight excluding hydrogens is 224 g/mol. The summed E-state index contributed by atoms with van der Waals surface area (Å²) in [4.78, 5) is 10.9. The Balaban J connectivity index is 2.13. The Hall–Kier alpha value is -2.10. The van der Waals surface area contributed by atoms with Gasteiger partial charge in [-0.25, -0.2) is 4.98 Å². The second-order valence-corrected chi connectivity index (χ2v) is 4.28. The first kappa shape index (κ1) is 12.4. The summed E-state index contributed by atoms with van der Waals surface area (Å²) in [6.07, 6.45) is 1.81. The van der Waals surface area contributed by atoms with E-state index in [0.717, 1.165) is 29.4 Å². The number of nitrogens with one attached hydrogen (secondary N) is 1. The molecule has 0 bridgehead atoms. The van der Waals surface area contributed by atoms with Crippen LogP contribution in [-0.4, -0.2) is 24.1 Å². The molecule has 0 aliphatic carbocycles. The fourth-order valence-electron chi connectivity index (χ4n) is 1.82. The fraction of sp³-hybridized carbons (Fsp3) is 0.286. The van der Waals surface area contributed by atoms with Gasteiger partial charge in [-0.3, -0.25) is 4.98 Å². The first-order valence-corrected chi connectivity index (χ1v) is 5.96. The van der Waals surface area contributed by atoms with Crippen LogP contribution < -0.4 is 10.2 Å². The maximum atomic E-state index is 4.51. The van der Waals surface area contributed by atoms with Gasteiger partial charge in [0.2, 0.25) is 0 Å². The van der Waals surface area contributed by atoms with Crippen LogP contribution in [-0.2, 0) is 6.54 Å². The highest BCUT2D eigenvalue weighted by Crippen LogP contribution is 2.17. The molecule has 1 N–H and O–H groups in total. The van der Waals surface area contributed by atoms with Gasteiger partial charge in [-0.05, 0) is 25.1 Å². The van der Waals surface area contributed by atoms with Gasteiger partial charge in [0.15, 0.2) is 0 Å². The highest BCUT2D eigenvalue weighted by molar-refractivity contribution is 5.53. The van der Waals surface area contributed by atoms with Crippen LogP contribution in [0.3, 0.4) is 0 Å². The number of rotatable bonds is 4. The fourth-order valence-corrected chi connectivity index (χ4v) is 1.82. The van der Waals surface area contributed by atoms with E-state index in [1.54, 1.807) is 6.20 Å². The average molecular weight is 242 g/mol. The quantitative estimate of drug-likeness (QED) is 0.894. The van der Waals surface area contributed by atoms with Crippen molar-refractivity contribution in [2.24, 2.45) is 0 Å². The number of aromatic nitrogens is 2. The smallest absolute Gasteiger partial charge is 0.127 e. The SMILES string of the molecule is CNc1cc(N(C)Cc2cccc(C)n2)ccn1. The second-order valence-electron chi connectivity index (χ2n) is 4.28. The number of hydrogen-bond donors (Lipinski definition) is 1. The minimum absolute atomic E-state index is 0.787. The lowest BCUT2D eigenvalue weighted by Crippen LogP contribution is -2.17. The highest BCUT2D eigenvalue weighted by Gasteiger charge is 2.04. The van der Waals surface area contributed by atoms with Crippen molar-refractivity contribution in [3.05, 3.63) is 47.9 Å². The third-order valence-corrected chi connectivity index (χ3v) is 2.79. The van der Waals surface area contributed by atoms with Crippen molar-refractivity contribution in [2.75, 3.05) is 24.3 Å². The molecule has 0 saturated carbocycles. The molecule has 0 aliphatic rings. The maximum absolute atomic E-state index is 4.51. The zero-order valence-corrected chi connectivity index (χ0v) is 11.0. The summed E-state index contributed by atoms with van der Waals surface area (Å²) in [7, 11) is 3.92. The monoisotopic (exact) mass is 242 g/mol. The van der Waals surface area contributed by atoms with E-state index in [4.69, 9.17) is 0 Å². The van der Waals surface area contributed by atoms with Crippen molar-refractivity contribution in [3.8, 4) is 0 Å². The summed E-state index contributed by atoms with van der Waals surface area (Å²) in [6.45, 7) is 2.80. The molecule has 0 spiro atoms. The number of aryl methyl sites for hydroxylation is 1. The number of anilines is 2. The van der Waals surface area contributed by atoms with Crippen molar-refractivity contribution in [2.45, 2.75) is 13.5 Å². The number of nitrogens with zero attached hydrogens (tertiary/aromatic N) is 3. The summed E-state index contributed by atoms with van der Waals surface area (Å²) >= 11 is 0. The van der Waals surface area contributed by atoms with Crippen LogP contribution in [0.4, 0.5) is 11.5 Å². The molecule has 0 amide bonds. The molecule has 0 fully saturated rings. The Morgan fingerprint density at radius 1 is 1.28 bits per heavy atom. The minimum Gasteiger partial charge on any atom is -0.373 e. The van der Waals surface area contributed by atoms with E-state index in [-0.39, 0.29) is 0 Å². The molecule has 2 rings (SSSR count). The molecule has 0 aromatic carbocycles. The second kappa shape index (κ2) is 5.49. The van der Waals surface area contributed by atoms with E-state index >= 15 is 0 Å². The predicted octanol–water partition coefficient (Wildman–Crippen LogP) is 2.46. The van der Waals surface area contributed by atoms with Crippen LogP contribution in [0.1, 0.15) is 11.4 Å². The number of hydrogen-bond acceptors (Lipinski definition) is 4. The lowest BCUT2D eigenvalue weighted by Gasteiger charge is -2.19. The van der Waals surface area contributed by atoms with Crippen LogP contribution in [0.2, 0.25) is 0 Å². The number of pyridine rings is 2. The lowest BCUT2D eigenvalue weighted by atomic mass is 10.3.